The first kappa shape index (κ1) is 77.8. The van der Waals surface area contributed by atoms with Crippen LogP contribution in [0.4, 0.5) is 0 Å². The van der Waals surface area contributed by atoms with Gasteiger partial charge in [0.15, 0.2) is 0 Å². The minimum absolute atomic E-state index is 0.0119. The van der Waals surface area contributed by atoms with Crippen LogP contribution in [0.5, 0.6) is 5.75 Å². The highest BCUT2D eigenvalue weighted by atomic mass is 32.2. The number of nitrogens with one attached hydrogen (secondary N) is 11. The Morgan fingerprint density at radius 3 is 1.68 bits per heavy atom. The van der Waals surface area contributed by atoms with Crippen LogP contribution in [0, 0.1) is 11.8 Å². The van der Waals surface area contributed by atoms with E-state index in [2.05, 4.69) is 63.1 Å². The molecule has 1 aliphatic heterocycles. The quantitative estimate of drug-likeness (QED) is 0.0278. The standard InChI is InChI=1S/C58H86N14O20S/c1-8-10-35(65-55(88)42-11-9-21-72(42)58(91)47(30(4)5)71-56(89)46(29(2)3)70-52(85)37(17-19-45(79)80)66-50(83)36(63-31(6)74)16-18-44(77)78)48(81)57(90)61-26-43(76)64-38(20-22-93(7)92)51(84)68-40(24-33-25-60-28-62-33)54(87)67-39(23-32-12-14-34(75)15-13-32)53(86)69-41(27-73)49(59)82/h12-15,25,28-30,35-42,46-47,73,75H,8-11,16-24,26-27H2,1-7H3,(H2,59,82)(H,60,62)(H,61,90)(H,63,74)(H,64,76)(H,65,88)(H,66,83)(H,67,87)(H,68,84)(H,69,86)(H,70,85)(H,71,89)(H,77,78)(H,79,80)/t35-,36+,37+,38-,39-,40+,41-,42-,46+,47+,93?/m1/s1. The van der Waals surface area contributed by atoms with Gasteiger partial charge in [-0.3, -0.25) is 76.1 Å². The van der Waals surface area contributed by atoms with Gasteiger partial charge in [0.25, 0.3) is 5.91 Å². The number of ketones is 1. The molecule has 1 aromatic carbocycles. The highest BCUT2D eigenvalue weighted by molar-refractivity contribution is 7.84. The Balaban J connectivity index is 1.76. The molecule has 1 unspecified atom stereocenters. The number of aromatic nitrogens is 2. The number of carbonyl (C=O) groups excluding carboxylic acids is 13. The maximum absolute atomic E-state index is 14.4. The molecule has 2 heterocycles. The molecule has 0 bridgehead atoms. The molecule has 93 heavy (non-hydrogen) atoms. The molecule has 3 rings (SSSR count). The summed E-state index contributed by atoms with van der Waals surface area (Å²) in [7, 11) is -1.54. The van der Waals surface area contributed by atoms with Crippen LogP contribution < -0.4 is 58.9 Å². The maximum Gasteiger partial charge on any atom is 0.303 e. The SMILES string of the molecule is CCC[C@@H](NC(=O)[C@H]1CCCN1C(=O)[C@@H](NC(=O)[C@@H](NC(=O)[C@H](CCC(=O)O)NC(=O)[C@H](CCC(=O)O)NC(C)=O)C(C)C)C(C)C)C(=O)C(=O)NCC(=O)N[C@H](CCS(C)=O)C(=O)N[C@@H](Cc1cnc[nH]1)C(=O)N[C@H](Cc1ccc(O)cc1)C(=O)N[C@H](CO)C(N)=O. The van der Waals surface area contributed by atoms with Crippen molar-refractivity contribution in [2.45, 2.75) is 173 Å². The fraction of sp³-hybridized carbons (Fsp3) is 0.586. The number of hydrogen-bond donors (Lipinski definition) is 16. The maximum atomic E-state index is 14.4. The van der Waals surface area contributed by atoms with Crippen molar-refractivity contribution in [2.75, 3.05) is 31.7 Å². The number of nitrogens with zero attached hydrogens (tertiary/aromatic N) is 2. The van der Waals surface area contributed by atoms with Gasteiger partial charge < -0.3 is 89.2 Å². The molecule has 514 valence electrons. The summed E-state index contributed by atoms with van der Waals surface area (Å²) >= 11 is 0. The lowest BCUT2D eigenvalue weighted by Crippen LogP contribution is -2.61. The average Bonchev–Trinajstić information content (AvgIpc) is 1.80. The molecule has 0 radical (unpaired) electrons. The van der Waals surface area contributed by atoms with E-state index in [1.165, 1.54) is 47.9 Å². The van der Waals surface area contributed by atoms with Gasteiger partial charge in [0.05, 0.1) is 25.5 Å². The number of phenolic OH excluding ortho intramolecular Hbond substituents is 1. The summed E-state index contributed by atoms with van der Waals surface area (Å²) in [6, 6.07) is -9.06. The first-order chi connectivity index (χ1) is 43.8. The Kier molecular flexibility index (Phi) is 32.2. The van der Waals surface area contributed by atoms with Crippen molar-refractivity contribution in [2.24, 2.45) is 17.6 Å². The molecule has 0 aliphatic carbocycles. The molecular weight excluding hydrogens is 1240 g/mol. The number of aliphatic hydroxyl groups excluding tert-OH is 1. The van der Waals surface area contributed by atoms with Crippen molar-refractivity contribution in [3.05, 3.63) is 48.0 Å². The highest BCUT2D eigenvalue weighted by Gasteiger charge is 2.42. The first-order valence-electron chi connectivity index (χ1n) is 30.0. The van der Waals surface area contributed by atoms with E-state index < -0.39 is 204 Å². The summed E-state index contributed by atoms with van der Waals surface area (Å²) in [5.41, 5.74) is 6.04. The molecule has 1 fully saturated rings. The Hall–Kier alpha value is -9.41. The molecule has 17 N–H and O–H groups in total. The number of carboxylic acid groups (broad SMARTS) is 2. The summed E-state index contributed by atoms with van der Waals surface area (Å²) in [4.78, 5) is 206. The number of benzene rings is 1. The van der Waals surface area contributed by atoms with Crippen molar-refractivity contribution in [1.82, 2.24) is 68.0 Å². The topological polar surface area (TPSA) is 532 Å². The molecule has 12 amide bonds. The van der Waals surface area contributed by atoms with Crippen molar-refractivity contribution < 1.29 is 96.6 Å². The number of amides is 12. The lowest BCUT2D eigenvalue weighted by molar-refractivity contribution is -0.144. The number of H-pyrrole nitrogens is 1. The van der Waals surface area contributed by atoms with E-state index in [1.54, 1.807) is 34.6 Å². The van der Waals surface area contributed by atoms with Gasteiger partial charge in [0.2, 0.25) is 70.8 Å². The molecule has 0 saturated carbocycles. The molecule has 0 spiro atoms. The van der Waals surface area contributed by atoms with E-state index in [0.717, 1.165) is 6.92 Å². The van der Waals surface area contributed by atoms with Crippen LogP contribution in [0.15, 0.2) is 36.8 Å². The van der Waals surface area contributed by atoms with Crippen LogP contribution in [-0.4, -0.2) is 220 Å². The lowest BCUT2D eigenvalue weighted by atomic mass is 9.98. The Labute approximate surface area is 537 Å². The molecule has 2 aromatic rings. The lowest BCUT2D eigenvalue weighted by Gasteiger charge is -2.33. The number of Topliss-reactive ketones (excluding diaryl/α,β-unsaturated/α-hetero) is 1. The second-order valence-electron chi connectivity index (χ2n) is 22.8. The summed E-state index contributed by atoms with van der Waals surface area (Å²) in [6.07, 6.45) is 1.60. The van der Waals surface area contributed by atoms with E-state index in [9.17, 15) is 91.4 Å². The number of carbonyl (C=O) groups is 15. The molecule has 1 saturated heterocycles. The van der Waals surface area contributed by atoms with E-state index in [0.29, 0.717) is 11.3 Å². The van der Waals surface area contributed by atoms with Crippen LogP contribution in [0.1, 0.15) is 111 Å². The van der Waals surface area contributed by atoms with Crippen molar-refractivity contribution in [3.63, 3.8) is 0 Å². The largest absolute Gasteiger partial charge is 0.508 e. The van der Waals surface area contributed by atoms with E-state index >= 15 is 0 Å². The normalized spacial score (nSPS) is 16.0. The molecule has 1 aliphatic rings. The smallest absolute Gasteiger partial charge is 0.303 e. The molecule has 35 heteroatoms. The molecular formula is C58H86N14O20S. The van der Waals surface area contributed by atoms with E-state index in [-0.39, 0.29) is 69.4 Å². The van der Waals surface area contributed by atoms with Gasteiger partial charge in [-0.25, -0.2) is 4.98 Å². The third kappa shape index (κ3) is 26.4. The minimum atomic E-state index is -1.60. The van der Waals surface area contributed by atoms with Crippen LogP contribution >= 0.6 is 0 Å². The monoisotopic (exact) mass is 1330 g/mol. The van der Waals surface area contributed by atoms with E-state index in [4.69, 9.17) is 10.8 Å². The number of rotatable bonds is 40. The number of aromatic amines is 1. The number of carboxylic acids is 2. The van der Waals surface area contributed by atoms with Crippen LogP contribution in [0.2, 0.25) is 0 Å². The van der Waals surface area contributed by atoms with Crippen LogP contribution in [0.25, 0.3) is 0 Å². The van der Waals surface area contributed by atoms with Gasteiger partial charge >= 0.3 is 11.9 Å². The molecule has 1 aromatic heterocycles. The van der Waals surface area contributed by atoms with Gasteiger partial charge in [0, 0.05) is 73.9 Å². The summed E-state index contributed by atoms with van der Waals surface area (Å²) in [5.74, 6) is -17.0. The number of phenols is 1. The molecule has 34 nitrogen and oxygen atoms in total. The fourth-order valence-electron chi connectivity index (χ4n) is 9.57. The first-order valence-corrected chi connectivity index (χ1v) is 31.7. The second-order valence-corrected chi connectivity index (χ2v) is 24.4. The fourth-order valence-corrected chi connectivity index (χ4v) is 10.1. The average molecular weight is 1330 g/mol. The van der Waals surface area contributed by atoms with Gasteiger partial charge in [-0.1, -0.05) is 53.2 Å². The van der Waals surface area contributed by atoms with Crippen molar-refractivity contribution >= 4 is 99.4 Å². The third-order valence-corrected chi connectivity index (χ3v) is 15.4. The third-order valence-electron chi connectivity index (χ3n) is 14.6. The second kappa shape index (κ2) is 38.4. The minimum Gasteiger partial charge on any atom is -0.508 e. The van der Waals surface area contributed by atoms with Gasteiger partial charge in [-0.05, 0) is 68.1 Å². The zero-order chi connectivity index (χ0) is 69.8. The number of likely N-dealkylation sites (tertiary alicyclic amines) is 1. The van der Waals surface area contributed by atoms with Crippen molar-refractivity contribution in [1.29, 1.82) is 0 Å². The number of aromatic hydroxyl groups is 1. The van der Waals surface area contributed by atoms with E-state index in [1.807, 2.05) is 0 Å². The van der Waals surface area contributed by atoms with Crippen LogP contribution in [-0.2, 0) is 95.6 Å². The van der Waals surface area contributed by atoms with Crippen LogP contribution in [0.3, 0.4) is 0 Å². The number of nitrogens with two attached hydrogens (primary N) is 1. The van der Waals surface area contributed by atoms with Gasteiger partial charge in [-0.15, -0.1) is 0 Å². The zero-order valence-electron chi connectivity index (χ0n) is 52.7. The predicted molar refractivity (Wildman–Crippen MR) is 328 cm³/mol. The number of aliphatic hydroxyl groups is 1. The highest BCUT2D eigenvalue weighted by Crippen LogP contribution is 2.22. The number of imidazole rings is 1. The summed E-state index contributed by atoms with van der Waals surface area (Å²) in [6.45, 7) is 7.22. The van der Waals surface area contributed by atoms with Gasteiger partial charge in [0.1, 0.15) is 60.1 Å². The predicted octanol–water partition coefficient (Wildman–Crippen LogP) is -4.95. The summed E-state index contributed by atoms with van der Waals surface area (Å²) in [5, 5.41) is 62.2. The molecule has 11 atom stereocenters. The van der Waals surface area contributed by atoms with Crippen molar-refractivity contribution in [3.8, 4) is 5.75 Å². The number of primary amides is 1. The number of hydrogen-bond acceptors (Lipinski definition) is 19. The zero-order valence-corrected chi connectivity index (χ0v) is 53.5. The number of aliphatic carboxylic acids is 2. The Morgan fingerprint density at radius 2 is 1.17 bits per heavy atom. The Bertz CT molecular complexity index is 3020. The summed E-state index contributed by atoms with van der Waals surface area (Å²) < 4.78 is 12.3. The Morgan fingerprint density at radius 1 is 0.656 bits per heavy atom. The van der Waals surface area contributed by atoms with Gasteiger partial charge in [-0.2, -0.15) is 0 Å².